The van der Waals surface area contributed by atoms with E-state index in [-0.39, 0.29) is 24.7 Å². The summed E-state index contributed by atoms with van der Waals surface area (Å²) in [6.45, 7) is 0.469. The average molecular weight is 383 g/mol. The first-order valence-electron chi connectivity index (χ1n) is 9.48. The van der Waals surface area contributed by atoms with Crippen molar-refractivity contribution in [1.29, 1.82) is 0 Å². The van der Waals surface area contributed by atoms with Gasteiger partial charge in [0.1, 0.15) is 0 Å². The van der Waals surface area contributed by atoms with Gasteiger partial charge in [0, 0.05) is 50.0 Å². The maximum atomic E-state index is 12.7. The largest absolute Gasteiger partial charge is 0.481 e. The van der Waals surface area contributed by atoms with Gasteiger partial charge in [-0.1, -0.05) is 18.2 Å². The van der Waals surface area contributed by atoms with Gasteiger partial charge in [-0.25, -0.2) is 0 Å². The summed E-state index contributed by atoms with van der Waals surface area (Å²) in [4.78, 5) is 41.3. The maximum Gasteiger partial charge on any atom is 0.303 e. The molecule has 2 heterocycles. The molecule has 2 N–H and O–H groups in total. The first-order valence-corrected chi connectivity index (χ1v) is 9.48. The summed E-state index contributed by atoms with van der Waals surface area (Å²) in [5, 5.41) is 12.9. The second-order valence-corrected chi connectivity index (χ2v) is 7.46. The highest BCUT2D eigenvalue weighted by atomic mass is 16.4. The van der Waals surface area contributed by atoms with Crippen LogP contribution in [-0.2, 0) is 20.9 Å². The number of fused-ring (bicyclic) bond motifs is 1. The van der Waals surface area contributed by atoms with Crippen molar-refractivity contribution in [3.05, 3.63) is 42.1 Å². The molecule has 0 unspecified atom stereocenters. The molecule has 1 aliphatic heterocycles. The van der Waals surface area contributed by atoms with Crippen LogP contribution >= 0.6 is 0 Å². The van der Waals surface area contributed by atoms with Crippen LogP contribution in [0.1, 0.15) is 44.1 Å². The molecule has 1 saturated heterocycles. The molecule has 7 nitrogen and oxygen atoms in total. The Morgan fingerprint density at radius 2 is 1.96 bits per heavy atom. The molecule has 7 heteroatoms. The van der Waals surface area contributed by atoms with Crippen molar-refractivity contribution in [2.75, 3.05) is 7.05 Å². The third kappa shape index (κ3) is 4.65. The lowest BCUT2D eigenvalue weighted by Gasteiger charge is -2.29. The molecule has 0 aliphatic carbocycles. The van der Waals surface area contributed by atoms with Crippen LogP contribution in [0.3, 0.4) is 0 Å². The number of para-hydroxylation sites is 1. The normalized spacial score (nSPS) is 18.8. The number of carboxylic acids is 1. The van der Waals surface area contributed by atoms with E-state index in [9.17, 15) is 14.4 Å². The molecule has 0 spiro atoms. The summed E-state index contributed by atoms with van der Waals surface area (Å²) in [6, 6.07) is 9.73. The molecular formula is C21H25N3O4. The Hall–Kier alpha value is -2.96. The molecular weight excluding hydrogens is 358 g/mol. The highest BCUT2D eigenvalue weighted by molar-refractivity contribution is 5.83. The zero-order valence-corrected chi connectivity index (χ0v) is 16.0. The number of pyridine rings is 1. The molecule has 3 rings (SSSR count). The molecule has 0 radical (unpaired) electrons. The van der Waals surface area contributed by atoms with Crippen LogP contribution in [0.25, 0.3) is 10.9 Å². The van der Waals surface area contributed by atoms with E-state index in [0.717, 1.165) is 16.5 Å². The minimum atomic E-state index is -0.895. The van der Waals surface area contributed by atoms with Gasteiger partial charge < -0.3 is 15.3 Å². The van der Waals surface area contributed by atoms with E-state index in [1.807, 2.05) is 30.3 Å². The number of hydrogen-bond acceptors (Lipinski definition) is 4. The number of nitrogens with zero attached hydrogens (tertiary/aromatic N) is 2. The van der Waals surface area contributed by atoms with E-state index in [1.54, 1.807) is 18.1 Å². The van der Waals surface area contributed by atoms with Gasteiger partial charge in [0.15, 0.2) is 0 Å². The second kappa shape index (κ2) is 8.37. The fourth-order valence-corrected chi connectivity index (χ4v) is 3.79. The number of carbonyl (C=O) groups is 3. The molecule has 148 valence electrons. The topological polar surface area (TPSA) is 99.6 Å². The van der Waals surface area contributed by atoms with Crippen molar-refractivity contribution in [2.45, 2.75) is 50.6 Å². The number of hydrogen-bond donors (Lipinski definition) is 2. The van der Waals surface area contributed by atoms with Crippen molar-refractivity contribution in [2.24, 2.45) is 0 Å². The van der Waals surface area contributed by atoms with Crippen molar-refractivity contribution in [3.63, 3.8) is 0 Å². The monoisotopic (exact) mass is 383 g/mol. The molecule has 2 amide bonds. The number of aromatic nitrogens is 1. The Morgan fingerprint density at radius 1 is 1.21 bits per heavy atom. The van der Waals surface area contributed by atoms with Crippen LogP contribution in [0, 0.1) is 0 Å². The van der Waals surface area contributed by atoms with Crippen molar-refractivity contribution in [1.82, 2.24) is 15.2 Å². The van der Waals surface area contributed by atoms with E-state index in [2.05, 4.69) is 10.3 Å². The summed E-state index contributed by atoms with van der Waals surface area (Å²) < 4.78 is 0. The Labute approximate surface area is 163 Å². The van der Waals surface area contributed by atoms with Crippen molar-refractivity contribution in [3.8, 4) is 0 Å². The molecule has 0 bridgehead atoms. The zero-order chi connectivity index (χ0) is 20.1. The Balaban J connectivity index is 1.63. The molecule has 1 aromatic carbocycles. The van der Waals surface area contributed by atoms with Crippen molar-refractivity contribution < 1.29 is 19.5 Å². The molecule has 28 heavy (non-hydrogen) atoms. The summed E-state index contributed by atoms with van der Waals surface area (Å²) in [7, 11) is 1.76. The molecule has 1 aliphatic rings. The SMILES string of the molecule is CN(Cc1ccnc2ccccc12)C(=O)CC[C@]1(CCC(=O)O)CCC(=O)N1. The van der Waals surface area contributed by atoms with Crippen LogP contribution in [-0.4, -0.2) is 45.4 Å². The summed E-state index contributed by atoms with van der Waals surface area (Å²) in [5.74, 6) is -1.00. The Kier molecular flexibility index (Phi) is 5.92. The number of benzene rings is 1. The highest BCUT2D eigenvalue weighted by Gasteiger charge is 2.38. The smallest absolute Gasteiger partial charge is 0.303 e. The number of aliphatic carboxylic acids is 1. The van der Waals surface area contributed by atoms with E-state index in [4.69, 9.17) is 5.11 Å². The lowest BCUT2D eigenvalue weighted by molar-refractivity contribution is -0.137. The van der Waals surface area contributed by atoms with E-state index in [1.165, 1.54) is 0 Å². The van der Waals surface area contributed by atoms with Crippen LogP contribution in [0.5, 0.6) is 0 Å². The van der Waals surface area contributed by atoms with E-state index in [0.29, 0.717) is 32.2 Å². The van der Waals surface area contributed by atoms with E-state index < -0.39 is 11.5 Å². The van der Waals surface area contributed by atoms with Gasteiger partial charge in [-0.15, -0.1) is 0 Å². The van der Waals surface area contributed by atoms with Gasteiger partial charge in [0.2, 0.25) is 11.8 Å². The fourth-order valence-electron chi connectivity index (χ4n) is 3.79. The number of carboxylic acid groups (broad SMARTS) is 1. The molecule has 1 aromatic heterocycles. The average Bonchev–Trinajstić information content (AvgIpc) is 3.06. The first-order chi connectivity index (χ1) is 13.4. The Morgan fingerprint density at radius 3 is 2.68 bits per heavy atom. The minimum Gasteiger partial charge on any atom is -0.481 e. The highest BCUT2D eigenvalue weighted by Crippen LogP contribution is 2.30. The summed E-state index contributed by atoms with van der Waals surface area (Å²) in [6.07, 6.45) is 3.74. The molecule has 2 aromatic rings. The lowest BCUT2D eigenvalue weighted by atomic mass is 9.86. The third-order valence-electron chi connectivity index (χ3n) is 5.44. The first kappa shape index (κ1) is 19.8. The number of rotatable bonds is 8. The van der Waals surface area contributed by atoms with Crippen molar-refractivity contribution >= 4 is 28.7 Å². The van der Waals surface area contributed by atoms with Crippen LogP contribution in [0.4, 0.5) is 0 Å². The van der Waals surface area contributed by atoms with Gasteiger partial charge in [0.05, 0.1) is 5.52 Å². The number of carbonyl (C=O) groups excluding carboxylic acids is 2. The lowest BCUT2D eigenvalue weighted by Crippen LogP contribution is -2.43. The van der Waals surface area contributed by atoms with E-state index >= 15 is 0 Å². The van der Waals surface area contributed by atoms with Crippen LogP contribution in [0.2, 0.25) is 0 Å². The van der Waals surface area contributed by atoms with Crippen LogP contribution in [0.15, 0.2) is 36.5 Å². The quantitative estimate of drug-likeness (QED) is 0.730. The number of nitrogens with one attached hydrogen (secondary N) is 1. The molecule has 1 atom stereocenters. The molecule has 1 fully saturated rings. The predicted molar refractivity (Wildman–Crippen MR) is 104 cm³/mol. The summed E-state index contributed by atoms with van der Waals surface area (Å²) >= 11 is 0. The minimum absolute atomic E-state index is 0.0205. The van der Waals surface area contributed by atoms with Gasteiger partial charge in [0.25, 0.3) is 0 Å². The maximum absolute atomic E-state index is 12.7. The molecule has 0 saturated carbocycles. The van der Waals surface area contributed by atoms with Crippen LogP contribution < -0.4 is 5.32 Å². The third-order valence-corrected chi connectivity index (χ3v) is 5.44. The Bertz CT molecular complexity index is 893. The van der Waals surface area contributed by atoms with Gasteiger partial charge in [-0.2, -0.15) is 0 Å². The standard InChI is InChI=1S/C21H25N3O4/c1-24(14-15-9-13-22-17-5-3-2-4-16(15)17)19(26)7-11-21(12-8-20(27)28)10-6-18(25)23-21/h2-5,9,13H,6-8,10-12,14H2,1H3,(H,23,25)(H,27,28)/t21-/m0/s1. The summed E-state index contributed by atoms with van der Waals surface area (Å²) in [5.41, 5.74) is 1.33. The van der Waals surface area contributed by atoms with Gasteiger partial charge in [-0.05, 0) is 37.0 Å². The fraction of sp³-hybridized carbons (Fsp3) is 0.429. The predicted octanol–water partition coefficient (Wildman–Crippen LogP) is 2.49. The van der Waals surface area contributed by atoms with Gasteiger partial charge >= 0.3 is 5.97 Å². The zero-order valence-electron chi connectivity index (χ0n) is 16.0. The second-order valence-electron chi connectivity index (χ2n) is 7.46. The number of amides is 2. The van der Waals surface area contributed by atoms with Gasteiger partial charge in [-0.3, -0.25) is 19.4 Å².